The topological polar surface area (TPSA) is 123 Å². The van der Waals surface area contributed by atoms with Gasteiger partial charge in [0.1, 0.15) is 5.82 Å². The van der Waals surface area contributed by atoms with Gasteiger partial charge in [0.2, 0.25) is 5.95 Å². The lowest BCUT2D eigenvalue weighted by molar-refractivity contribution is -0.137. The van der Waals surface area contributed by atoms with Crippen molar-refractivity contribution in [1.82, 2.24) is 25.1 Å². The van der Waals surface area contributed by atoms with Gasteiger partial charge in [-0.15, -0.1) is 0 Å². The SMILES string of the molecule is CNCc1cc(Nc2cc(NC(=O)c3cccc(C(F)(F)F)c3)ccc2C)n(-c2cc(C)nc(N)n2)n1. The number of halogens is 3. The predicted molar refractivity (Wildman–Crippen MR) is 135 cm³/mol. The summed E-state index contributed by atoms with van der Waals surface area (Å²) in [5.74, 6) is 0.519. The van der Waals surface area contributed by atoms with Gasteiger partial charge in [-0.1, -0.05) is 12.1 Å². The summed E-state index contributed by atoms with van der Waals surface area (Å²) in [5.41, 5.74) is 8.18. The highest BCUT2D eigenvalue weighted by molar-refractivity contribution is 6.04. The standard InChI is InChI=1S/C25H25F3N8O/c1-14-7-8-18(32-23(37)16-5-4-6-17(10-16)25(26,27)28)11-20(14)33-22-12-19(13-30-3)35-36(22)21-9-15(2)31-24(29)34-21/h4-12,30,33H,13H2,1-3H3,(H,32,37)(H2,29,31,34). The summed E-state index contributed by atoms with van der Waals surface area (Å²) >= 11 is 0. The van der Waals surface area contributed by atoms with E-state index in [1.807, 2.05) is 13.0 Å². The Labute approximate surface area is 210 Å². The number of nitrogens with zero attached hydrogens (tertiary/aromatic N) is 4. The Balaban J connectivity index is 1.63. The van der Waals surface area contributed by atoms with Crippen molar-refractivity contribution in [2.24, 2.45) is 0 Å². The molecule has 1 amide bonds. The Hall–Kier alpha value is -4.45. The Morgan fingerprint density at radius 2 is 1.84 bits per heavy atom. The van der Waals surface area contributed by atoms with Gasteiger partial charge in [-0.3, -0.25) is 4.79 Å². The molecule has 0 bridgehead atoms. The molecule has 9 nitrogen and oxygen atoms in total. The van der Waals surface area contributed by atoms with E-state index in [1.165, 1.54) is 12.1 Å². The molecule has 2 heterocycles. The van der Waals surface area contributed by atoms with Crippen molar-refractivity contribution in [1.29, 1.82) is 0 Å². The quantitative estimate of drug-likeness (QED) is 0.287. The first-order valence-corrected chi connectivity index (χ1v) is 11.2. The van der Waals surface area contributed by atoms with Gasteiger partial charge in [0.15, 0.2) is 5.82 Å². The number of rotatable bonds is 7. The first kappa shape index (κ1) is 25.6. The van der Waals surface area contributed by atoms with E-state index in [-0.39, 0.29) is 11.5 Å². The fourth-order valence-corrected chi connectivity index (χ4v) is 3.66. The van der Waals surface area contributed by atoms with Crippen molar-refractivity contribution in [3.63, 3.8) is 0 Å². The minimum atomic E-state index is -4.54. The summed E-state index contributed by atoms with van der Waals surface area (Å²) in [7, 11) is 1.81. The highest BCUT2D eigenvalue weighted by atomic mass is 19.4. The van der Waals surface area contributed by atoms with E-state index in [2.05, 4.69) is 31.0 Å². The van der Waals surface area contributed by atoms with E-state index in [4.69, 9.17) is 5.73 Å². The normalized spacial score (nSPS) is 11.4. The number of nitrogens with one attached hydrogen (secondary N) is 3. The molecule has 0 unspecified atom stereocenters. The molecule has 0 atom stereocenters. The van der Waals surface area contributed by atoms with E-state index < -0.39 is 17.6 Å². The van der Waals surface area contributed by atoms with Crippen molar-refractivity contribution >= 4 is 29.0 Å². The largest absolute Gasteiger partial charge is 0.416 e. The van der Waals surface area contributed by atoms with Crippen molar-refractivity contribution in [3.05, 3.63) is 82.7 Å². The van der Waals surface area contributed by atoms with Gasteiger partial charge in [-0.05, 0) is 56.8 Å². The van der Waals surface area contributed by atoms with Crippen molar-refractivity contribution in [2.45, 2.75) is 26.6 Å². The Morgan fingerprint density at radius 1 is 1.05 bits per heavy atom. The minimum Gasteiger partial charge on any atom is -0.368 e. The number of hydrogen-bond acceptors (Lipinski definition) is 7. The molecule has 0 saturated heterocycles. The number of aromatic nitrogens is 4. The van der Waals surface area contributed by atoms with Gasteiger partial charge in [0.05, 0.1) is 11.3 Å². The third kappa shape index (κ3) is 6.04. The predicted octanol–water partition coefficient (Wildman–Crippen LogP) is 4.60. The van der Waals surface area contributed by atoms with Crippen LogP contribution in [-0.2, 0) is 12.7 Å². The molecule has 37 heavy (non-hydrogen) atoms. The highest BCUT2D eigenvalue weighted by Gasteiger charge is 2.31. The maximum absolute atomic E-state index is 13.0. The second kappa shape index (κ2) is 10.3. The van der Waals surface area contributed by atoms with Crippen molar-refractivity contribution in [3.8, 4) is 5.82 Å². The first-order chi connectivity index (χ1) is 17.5. The van der Waals surface area contributed by atoms with Crippen LogP contribution >= 0.6 is 0 Å². The van der Waals surface area contributed by atoms with E-state index in [9.17, 15) is 18.0 Å². The number of carbonyl (C=O) groups is 1. The number of alkyl halides is 3. The molecule has 0 radical (unpaired) electrons. The number of hydrogen-bond donors (Lipinski definition) is 4. The molecule has 0 aliphatic heterocycles. The number of carbonyl (C=O) groups excluding carboxylic acids is 1. The molecule has 12 heteroatoms. The first-order valence-electron chi connectivity index (χ1n) is 11.2. The number of nitrogens with two attached hydrogens (primary N) is 1. The van der Waals surface area contributed by atoms with Crippen LogP contribution in [0.5, 0.6) is 0 Å². The summed E-state index contributed by atoms with van der Waals surface area (Å²) < 4.78 is 40.7. The van der Waals surface area contributed by atoms with Crippen LogP contribution < -0.4 is 21.7 Å². The number of benzene rings is 2. The molecule has 4 rings (SSSR count). The van der Waals surface area contributed by atoms with Crippen LogP contribution in [0.15, 0.2) is 54.6 Å². The lowest BCUT2D eigenvalue weighted by atomic mass is 10.1. The monoisotopic (exact) mass is 510 g/mol. The summed E-state index contributed by atoms with van der Waals surface area (Å²) in [6, 6.07) is 13.0. The zero-order valence-corrected chi connectivity index (χ0v) is 20.3. The maximum atomic E-state index is 13.0. The number of aryl methyl sites for hydroxylation is 2. The van der Waals surface area contributed by atoms with Gasteiger partial charge >= 0.3 is 6.18 Å². The highest BCUT2D eigenvalue weighted by Crippen LogP contribution is 2.30. The van der Waals surface area contributed by atoms with Crippen molar-refractivity contribution < 1.29 is 18.0 Å². The molecule has 0 aliphatic carbocycles. The van der Waals surface area contributed by atoms with Gasteiger partial charge in [0, 0.05) is 41.3 Å². The number of anilines is 4. The molecular weight excluding hydrogens is 485 g/mol. The summed E-state index contributed by atoms with van der Waals surface area (Å²) in [6.07, 6.45) is -4.54. The molecule has 0 spiro atoms. The van der Waals surface area contributed by atoms with Crippen LogP contribution in [0.25, 0.3) is 5.82 Å². The molecule has 0 aliphatic rings. The molecule has 0 fully saturated rings. The Bertz CT molecular complexity index is 1430. The number of amides is 1. The van der Waals surface area contributed by atoms with E-state index in [0.717, 1.165) is 23.4 Å². The third-order valence-electron chi connectivity index (χ3n) is 5.40. The maximum Gasteiger partial charge on any atom is 0.416 e. The van der Waals surface area contributed by atoms with Crippen LogP contribution in [-0.4, -0.2) is 32.7 Å². The summed E-state index contributed by atoms with van der Waals surface area (Å²) in [4.78, 5) is 21.1. The van der Waals surface area contributed by atoms with Crippen LogP contribution in [0.1, 0.15) is 32.9 Å². The molecule has 192 valence electrons. The fourth-order valence-electron chi connectivity index (χ4n) is 3.66. The number of nitrogen functional groups attached to an aromatic ring is 1. The summed E-state index contributed by atoms with van der Waals surface area (Å²) in [6.45, 7) is 4.18. The average molecular weight is 511 g/mol. The summed E-state index contributed by atoms with van der Waals surface area (Å²) in [5, 5.41) is 13.6. The van der Waals surface area contributed by atoms with Gasteiger partial charge in [-0.2, -0.15) is 27.9 Å². The van der Waals surface area contributed by atoms with Crippen LogP contribution in [0.4, 0.5) is 36.3 Å². The minimum absolute atomic E-state index is 0.101. The lowest BCUT2D eigenvalue weighted by Gasteiger charge is -2.14. The van der Waals surface area contributed by atoms with E-state index >= 15 is 0 Å². The van der Waals surface area contributed by atoms with Gasteiger partial charge < -0.3 is 21.7 Å². The second-order valence-corrected chi connectivity index (χ2v) is 8.38. The van der Waals surface area contributed by atoms with Gasteiger partial charge in [0.25, 0.3) is 5.91 Å². The van der Waals surface area contributed by atoms with E-state index in [0.29, 0.717) is 35.2 Å². The lowest BCUT2D eigenvalue weighted by Crippen LogP contribution is -2.14. The van der Waals surface area contributed by atoms with Crippen molar-refractivity contribution in [2.75, 3.05) is 23.4 Å². The second-order valence-electron chi connectivity index (χ2n) is 8.38. The zero-order chi connectivity index (χ0) is 26.7. The van der Waals surface area contributed by atoms with Gasteiger partial charge in [-0.25, -0.2) is 4.98 Å². The molecule has 0 saturated carbocycles. The molecule has 2 aromatic carbocycles. The molecular formula is C25H25F3N8O. The molecule has 2 aromatic heterocycles. The van der Waals surface area contributed by atoms with Crippen LogP contribution in [0.3, 0.4) is 0 Å². The Morgan fingerprint density at radius 3 is 2.54 bits per heavy atom. The van der Waals surface area contributed by atoms with Crippen LogP contribution in [0, 0.1) is 13.8 Å². The smallest absolute Gasteiger partial charge is 0.368 e. The Kier molecular flexibility index (Phi) is 7.11. The fraction of sp³-hybridized carbons (Fsp3) is 0.200. The third-order valence-corrected chi connectivity index (χ3v) is 5.40. The molecule has 4 aromatic rings. The van der Waals surface area contributed by atoms with E-state index in [1.54, 1.807) is 42.9 Å². The van der Waals surface area contributed by atoms with Crippen LogP contribution in [0.2, 0.25) is 0 Å². The average Bonchev–Trinajstić information content (AvgIpc) is 3.22. The zero-order valence-electron chi connectivity index (χ0n) is 20.3. The molecule has 5 N–H and O–H groups in total.